The summed E-state index contributed by atoms with van der Waals surface area (Å²) >= 11 is 1.98. The zero-order chi connectivity index (χ0) is 22.3. The number of carbonyl (C=O) groups excluding carboxylic acids is 1. The Kier molecular flexibility index (Phi) is 6.68. The van der Waals surface area contributed by atoms with Gasteiger partial charge in [0.05, 0.1) is 15.5 Å². The zero-order valence-electron chi connectivity index (χ0n) is 17.3. The van der Waals surface area contributed by atoms with Gasteiger partial charge in [-0.2, -0.15) is 0 Å². The molecule has 2 atom stereocenters. The lowest BCUT2D eigenvalue weighted by Gasteiger charge is -2.42. The minimum absolute atomic E-state index is 0.0257. The summed E-state index contributed by atoms with van der Waals surface area (Å²) in [5.74, 6) is -1.03. The summed E-state index contributed by atoms with van der Waals surface area (Å²) < 4.78 is 51.6. The third-order valence-electron chi connectivity index (χ3n) is 4.69. The number of alkyl carbamates (subject to hydrolysis) is 1. The fourth-order valence-electron chi connectivity index (χ4n) is 3.04. The lowest BCUT2D eigenvalue weighted by Crippen LogP contribution is -2.59. The number of amidine groups is 1. The molecular weight excluding hydrogens is 515 g/mol. The van der Waals surface area contributed by atoms with Crippen LogP contribution in [0.4, 0.5) is 13.6 Å². The van der Waals surface area contributed by atoms with Crippen LogP contribution in [0.5, 0.6) is 0 Å². The summed E-state index contributed by atoms with van der Waals surface area (Å²) in [7, 11) is -1.76. The van der Waals surface area contributed by atoms with Crippen molar-refractivity contribution in [2.45, 2.75) is 50.5 Å². The smallest absolute Gasteiger partial charge is 0.413 e. The molecule has 2 rings (SSSR count). The SMILES string of the molecule is CN=[S@@]1(=O)C[C@@](CF)(c2cc(I)ccc2F)N=C(NC(=O)OC(C)(C)C)C1(C)C. The molecule has 0 fully saturated rings. The maximum atomic E-state index is 14.7. The van der Waals surface area contributed by atoms with Crippen LogP contribution in [0.25, 0.3) is 0 Å². The van der Waals surface area contributed by atoms with Gasteiger partial charge in [-0.3, -0.25) is 10.3 Å². The minimum Gasteiger partial charge on any atom is -0.444 e. The van der Waals surface area contributed by atoms with E-state index < -0.39 is 44.2 Å². The molecule has 0 aliphatic carbocycles. The average Bonchev–Trinajstić information content (AvgIpc) is 2.59. The first-order chi connectivity index (χ1) is 13.2. The highest BCUT2D eigenvalue weighted by atomic mass is 127. The van der Waals surface area contributed by atoms with Crippen molar-refractivity contribution in [1.82, 2.24) is 5.32 Å². The summed E-state index contributed by atoms with van der Waals surface area (Å²) in [6, 6.07) is 4.23. The molecule has 1 aromatic rings. The molecule has 1 aliphatic heterocycles. The molecule has 0 saturated carbocycles. The zero-order valence-corrected chi connectivity index (χ0v) is 20.3. The van der Waals surface area contributed by atoms with Gasteiger partial charge in [0, 0.05) is 16.2 Å². The number of hydrogen-bond acceptors (Lipinski definition) is 5. The van der Waals surface area contributed by atoms with Crippen molar-refractivity contribution >= 4 is 44.2 Å². The van der Waals surface area contributed by atoms with Gasteiger partial charge in [-0.25, -0.2) is 22.1 Å². The van der Waals surface area contributed by atoms with E-state index in [-0.39, 0.29) is 17.2 Å². The number of rotatable bonds is 2. The predicted octanol–water partition coefficient (Wildman–Crippen LogP) is 4.41. The van der Waals surface area contributed by atoms with Gasteiger partial charge < -0.3 is 4.74 Å². The van der Waals surface area contributed by atoms with E-state index in [9.17, 15) is 17.8 Å². The molecule has 162 valence electrons. The largest absolute Gasteiger partial charge is 0.444 e. The normalized spacial score (nSPS) is 26.4. The van der Waals surface area contributed by atoms with Gasteiger partial charge in [-0.05, 0) is 75.4 Å². The number of alkyl halides is 1. The van der Waals surface area contributed by atoms with Gasteiger partial charge in [0.15, 0.2) is 0 Å². The minimum atomic E-state index is -3.13. The summed E-state index contributed by atoms with van der Waals surface area (Å²) in [5, 5.41) is 2.51. The quantitative estimate of drug-likeness (QED) is 0.564. The van der Waals surface area contributed by atoms with Crippen molar-refractivity contribution in [3.8, 4) is 0 Å². The van der Waals surface area contributed by atoms with E-state index in [0.717, 1.165) is 0 Å². The second-order valence-electron chi connectivity index (χ2n) is 8.35. The van der Waals surface area contributed by atoms with Gasteiger partial charge in [-0.1, -0.05) is 0 Å². The van der Waals surface area contributed by atoms with Crippen LogP contribution in [0.2, 0.25) is 0 Å². The van der Waals surface area contributed by atoms with Crippen LogP contribution in [0.3, 0.4) is 0 Å². The molecule has 10 heteroatoms. The number of nitrogens with one attached hydrogen (secondary N) is 1. The average molecular weight is 541 g/mol. The highest BCUT2D eigenvalue weighted by Crippen LogP contribution is 2.40. The molecule has 0 radical (unpaired) electrons. The summed E-state index contributed by atoms with van der Waals surface area (Å²) in [6.45, 7) is 7.18. The number of halogens is 3. The first-order valence-corrected chi connectivity index (χ1v) is 11.7. The van der Waals surface area contributed by atoms with Crippen molar-refractivity contribution in [3.05, 3.63) is 33.1 Å². The van der Waals surface area contributed by atoms with Gasteiger partial charge in [0.25, 0.3) is 0 Å². The maximum Gasteiger partial charge on any atom is 0.413 e. The van der Waals surface area contributed by atoms with E-state index in [1.807, 2.05) is 22.6 Å². The Hall–Kier alpha value is -1.30. The molecule has 1 N–H and O–H groups in total. The predicted molar refractivity (Wildman–Crippen MR) is 119 cm³/mol. The van der Waals surface area contributed by atoms with Crippen LogP contribution in [-0.2, 0) is 20.0 Å². The van der Waals surface area contributed by atoms with Crippen LogP contribution in [0, 0.1) is 9.39 Å². The van der Waals surface area contributed by atoms with Gasteiger partial charge in [-0.15, -0.1) is 0 Å². The highest BCUT2D eigenvalue weighted by molar-refractivity contribution is 14.1. The van der Waals surface area contributed by atoms with Gasteiger partial charge >= 0.3 is 6.09 Å². The van der Waals surface area contributed by atoms with E-state index in [0.29, 0.717) is 3.57 Å². The molecule has 0 saturated heterocycles. The molecule has 1 aliphatic rings. The molecule has 0 unspecified atom stereocenters. The van der Waals surface area contributed by atoms with Crippen molar-refractivity contribution in [1.29, 1.82) is 0 Å². The Morgan fingerprint density at radius 3 is 2.55 bits per heavy atom. The number of ether oxygens (including phenoxy) is 1. The molecular formula is C19H26F2IN3O3S. The van der Waals surface area contributed by atoms with Crippen molar-refractivity contribution < 1.29 is 22.5 Å². The van der Waals surface area contributed by atoms with Crippen molar-refractivity contribution in [2.75, 3.05) is 19.5 Å². The third-order valence-corrected chi connectivity index (χ3v) is 8.61. The van der Waals surface area contributed by atoms with Crippen LogP contribution in [0.1, 0.15) is 40.2 Å². The number of benzene rings is 1. The Bertz CT molecular complexity index is 966. The third kappa shape index (κ3) is 4.73. The number of nitrogens with zero attached hydrogens (tertiary/aromatic N) is 2. The van der Waals surface area contributed by atoms with Crippen LogP contribution in [0.15, 0.2) is 27.6 Å². The first-order valence-electron chi connectivity index (χ1n) is 8.94. The molecule has 1 aromatic carbocycles. The van der Waals surface area contributed by atoms with E-state index in [1.165, 1.54) is 19.2 Å². The molecule has 0 aromatic heterocycles. The second-order valence-corrected chi connectivity index (χ2v) is 12.6. The van der Waals surface area contributed by atoms with Crippen LogP contribution in [-0.4, -0.2) is 46.0 Å². The Labute approximate surface area is 184 Å². The number of aliphatic imine (C=N–C) groups is 1. The van der Waals surface area contributed by atoms with Crippen LogP contribution >= 0.6 is 22.6 Å². The summed E-state index contributed by atoms with van der Waals surface area (Å²) in [6.07, 6.45) is -0.819. The van der Waals surface area contributed by atoms with Gasteiger partial charge in [0.2, 0.25) is 0 Å². The Morgan fingerprint density at radius 2 is 2.03 bits per heavy atom. The van der Waals surface area contributed by atoms with E-state index in [4.69, 9.17) is 4.74 Å². The highest BCUT2D eigenvalue weighted by Gasteiger charge is 2.51. The van der Waals surface area contributed by atoms with Gasteiger partial charge in [0.1, 0.15) is 34.2 Å². The molecule has 0 spiro atoms. The molecule has 1 heterocycles. The van der Waals surface area contributed by atoms with Crippen molar-refractivity contribution in [2.24, 2.45) is 9.36 Å². The maximum absolute atomic E-state index is 14.7. The lowest BCUT2D eigenvalue weighted by atomic mass is 9.92. The Balaban J connectivity index is 2.71. The fraction of sp³-hybridized carbons (Fsp3) is 0.579. The number of amides is 1. The molecule has 1 amide bonds. The Morgan fingerprint density at radius 1 is 1.41 bits per heavy atom. The van der Waals surface area contributed by atoms with Crippen molar-refractivity contribution in [3.63, 3.8) is 0 Å². The van der Waals surface area contributed by atoms with E-state index >= 15 is 0 Å². The standard InChI is InChI=1S/C19H26F2IN3O3S/c1-17(2,3)28-16(26)24-15-18(4,5)29(27,23-6)11-19(10-20,25-15)13-9-12(22)7-8-14(13)21/h7-9H,10-11H2,1-6H3,(H,24,25,26)/t19-,29+/m0/s1. The summed E-state index contributed by atoms with van der Waals surface area (Å²) in [4.78, 5) is 16.8. The number of hydrogen-bond donors (Lipinski definition) is 1. The van der Waals surface area contributed by atoms with E-state index in [1.54, 1.807) is 40.7 Å². The fourth-order valence-corrected chi connectivity index (χ4v) is 5.82. The topological polar surface area (TPSA) is 80.1 Å². The van der Waals surface area contributed by atoms with E-state index in [2.05, 4.69) is 14.7 Å². The first kappa shape index (κ1) is 24.0. The summed E-state index contributed by atoms with van der Waals surface area (Å²) in [5.41, 5.74) is -2.58. The molecule has 6 nitrogen and oxygen atoms in total. The lowest BCUT2D eigenvalue weighted by molar-refractivity contribution is 0.0560. The van der Waals surface area contributed by atoms with Crippen LogP contribution < -0.4 is 5.32 Å². The second kappa shape index (κ2) is 8.09. The monoisotopic (exact) mass is 541 g/mol. The molecule has 29 heavy (non-hydrogen) atoms. The number of carbonyl (C=O) groups is 1. The molecule has 0 bridgehead atoms.